The third-order valence-electron chi connectivity index (χ3n) is 5.13. The number of hydrogen-bond acceptors (Lipinski definition) is 4. The van der Waals surface area contributed by atoms with E-state index in [1.165, 1.54) is 55.7 Å². The summed E-state index contributed by atoms with van der Waals surface area (Å²) in [6, 6.07) is 11.4. The number of benzene rings is 1. The van der Waals surface area contributed by atoms with Gasteiger partial charge in [0, 0.05) is 13.1 Å². The molecule has 1 fully saturated rings. The second-order valence-electron chi connectivity index (χ2n) is 7.52. The molecular formula is C22H28BrN3O2S. The maximum absolute atomic E-state index is 12.3. The summed E-state index contributed by atoms with van der Waals surface area (Å²) < 4.78 is 0.888. The third-order valence-corrected chi connectivity index (χ3v) is 6.75. The number of hydrogen-bond donors (Lipinski definition) is 2. The lowest BCUT2D eigenvalue weighted by atomic mass is 10.1. The molecule has 29 heavy (non-hydrogen) atoms. The first-order valence-corrected chi connectivity index (χ1v) is 11.8. The predicted octanol–water partition coefficient (Wildman–Crippen LogP) is 4.32. The van der Waals surface area contributed by atoms with Crippen molar-refractivity contribution >= 4 is 39.1 Å². The molecule has 5 nitrogen and oxygen atoms in total. The zero-order valence-corrected chi connectivity index (χ0v) is 19.2. The number of carbonyl (C=O) groups is 2. The fraction of sp³-hybridized carbons (Fsp3) is 0.455. The van der Waals surface area contributed by atoms with Crippen molar-refractivity contribution in [2.45, 2.75) is 51.7 Å². The number of carbonyl (C=O) groups excluding carboxylic acids is 2. The Balaban J connectivity index is 1.43. The topological polar surface area (TPSA) is 61.4 Å². The first kappa shape index (κ1) is 22.0. The molecule has 0 saturated carbocycles. The average molecular weight is 478 g/mol. The summed E-state index contributed by atoms with van der Waals surface area (Å²) in [5.74, 6) is -0.427. The van der Waals surface area contributed by atoms with Gasteiger partial charge in [0.15, 0.2) is 0 Å². The van der Waals surface area contributed by atoms with Crippen LogP contribution in [0.25, 0.3) is 0 Å². The Morgan fingerprint density at radius 2 is 1.69 bits per heavy atom. The number of nitrogens with zero attached hydrogens (tertiary/aromatic N) is 1. The summed E-state index contributed by atoms with van der Waals surface area (Å²) in [4.78, 5) is 27.6. The van der Waals surface area contributed by atoms with Crippen LogP contribution in [0.15, 0.2) is 40.2 Å². The van der Waals surface area contributed by atoms with E-state index in [2.05, 4.69) is 55.7 Å². The van der Waals surface area contributed by atoms with Crippen LogP contribution in [0.5, 0.6) is 0 Å². The molecule has 2 N–H and O–H groups in total. The van der Waals surface area contributed by atoms with Crippen molar-refractivity contribution in [3.05, 3.63) is 56.2 Å². The average Bonchev–Trinajstić information content (AvgIpc) is 2.99. The number of nitrogens with one attached hydrogen (secondary N) is 2. The molecule has 0 spiro atoms. The molecule has 2 aromatic rings. The molecule has 0 bridgehead atoms. The van der Waals surface area contributed by atoms with Crippen LogP contribution < -0.4 is 10.6 Å². The highest BCUT2D eigenvalue weighted by atomic mass is 79.9. The van der Waals surface area contributed by atoms with Gasteiger partial charge in [-0.3, -0.25) is 14.5 Å². The molecular weight excluding hydrogens is 450 g/mol. The van der Waals surface area contributed by atoms with Gasteiger partial charge in [-0.2, -0.15) is 0 Å². The molecule has 7 heteroatoms. The number of amides is 2. The van der Waals surface area contributed by atoms with Gasteiger partial charge in [0.2, 0.25) is 5.91 Å². The highest BCUT2D eigenvalue weighted by molar-refractivity contribution is 9.11. The summed E-state index contributed by atoms with van der Waals surface area (Å²) in [6.07, 6.45) is 5.28. The third kappa shape index (κ3) is 6.94. The lowest BCUT2D eigenvalue weighted by Crippen LogP contribution is -2.44. The second-order valence-corrected chi connectivity index (χ2v) is 9.99. The molecule has 3 rings (SSSR count). The lowest BCUT2D eigenvalue weighted by Gasteiger charge is -2.20. The zero-order chi connectivity index (χ0) is 20.6. The molecule has 1 atom stereocenters. The lowest BCUT2D eigenvalue weighted by molar-refractivity contribution is -0.122. The van der Waals surface area contributed by atoms with E-state index in [9.17, 15) is 9.59 Å². The largest absolute Gasteiger partial charge is 0.350 e. The van der Waals surface area contributed by atoms with Crippen LogP contribution in [0.4, 0.5) is 0 Å². The van der Waals surface area contributed by atoms with E-state index in [1.807, 2.05) is 6.07 Å². The van der Waals surface area contributed by atoms with E-state index in [4.69, 9.17) is 0 Å². The van der Waals surface area contributed by atoms with Gasteiger partial charge >= 0.3 is 0 Å². The van der Waals surface area contributed by atoms with E-state index in [0.29, 0.717) is 11.4 Å². The van der Waals surface area contributed by atoms with E-state index in [0.717, 1.165) is 15.9 Å². The van der Waals surface area contributed by atoms with Crippen molar-refractivity contribution in [3.8, 4) is 0 Å². The number of halogens is 1. The minimum Gasteiger partial charge on any atom is -0.350 e. The molecule has 1 saturated heterocycles. The molecule has 0 aliphatic carbocycles. The SMILES string of the molecule is C[C@@H](NC(=O)c1ccc(Br)s1)C(=O)NCc1ccc(CN2CCCCCC2)cc1. The Labute approximate surface area is 185 Å². The Morgan fingerprint density at radius 1 is 1.03 bits per heavy atom. The molecule has 0 unspecified atom stereocenters. The van der Waals surface area contributed by atoms with E-state index >= 15 is 0 Å². The predicted molar refractivity (Wildman–Crippen MR) is 121 cm³/mol. The Bertz CT molecular complexity index is 814. The van der Waals surface area contributed by atoms with Gasteiger partial charge in [0.1, 0.15) is 6.04 Å². The van der Waals surface area contributed by atoms with Crippen molar-refractivity contribution in [2.24, 2.45) is 0 Å². The van der Waals surface area contributed by atoms with Crippen LogP contribution in [0.1, 0.15) is 53.4 Å². The van der Waals surface area contributed by atoms with E-state index in [-0.39, 0.29) is 11.8 Å². The Morgan fingerprint density at radius 3 is 2.31 bits per heavy atom. The van der Waals surface area contributed by atoms with Crippen LogP contribution in [0.2, 0.25) is 0 Å². The normalized spacial score (nSPS) is 16.1. The summed E-state index contributed by atoms with van der Waals surface area (Å²) in [7, 11) is 0. The quantitative estimate of drug-likeness (QED) is 0.623. The Kier molecular flexibility index (Phi) is 8.27. The fourth-order valence-electron chi connectivity index (χ4n) is 3.43. The molecule has 2 heterocycles. The van der Waals surface area contributed by atoms with Crippen molar-refractivity contribution in [1.29, 1.82) is 0 Å². The van der Waals surface area contributed by atoms with Crippen LogP contribution in [-0.4, -0.2) is 35.8 Å². The maximum Gasteiger partial charge on any atom is 0.262 e. The highest BCUT2D eigenvalue weighted by Crippen LogP contribution is 2.22. The van der Waals surface area contributed by atoms with Gasteiger partial charge in [0.05, 0.1) is 8.66 Å². The van der Waals surface area contributed by atoms with Crippen LogP contribution in [-0.2, 0) is 17.9 Å². The van der Waals surface area contributed by atoms with Crippen molar-refractivity contribution in [1.82, 2.24) is 15.5 Å². The Hall–Kier alpha value is -1.70. The fourth-order valence-corrected chi connectivity index (χ4v) is 4.72. The van der Waals surface area contributed by atoms with Gasteiger partial charge in [-0.05, 0) is 72.0 Å². The van der Waals surface area contributed by atoms with E-state index in [1.54, 1.807) is 13.0 Å². The maximum atomic E-state index is 12.3. The zero-order valence-electron chi connectivity index (χ0n) is 16.7. The first-order chi connectivity index (χ1) is 14.0. The van der Waals surface area contributed by atoms with Gasteiger partial charge in [-0.1, -0.05) is 37.1 Å². The standard InChI is InChI=1S/C22H28BrN3O2S/c1-16(25-22(28)19-10-11-20(23)29-19)21(27)24-14-17-6-8-18(9-7-17)15-26-12-4-2-3-5-13-26/h6-11,16H,2-5,12-15H2,1H3,(H,24,27)(H,25,28)/t16-/m1/s1. The second kappa shape index (κ2) is 10.9. The van der Waals surface area contributed by atoms with Crippen molar-refractivity contribution in [2.75, 3.05) is 13.1 Å². The van der Waals surface area contributed by atoms with Gasteiger partial charge in [0.25, 0.3) is 5.91 Å². The van der Waals surface area contributed by atoms with Gasteiger partial charge in [-0.25, -0.2) is 0 Å². The van der Waals surface area contributed by atoms with Crippen molar-refractivity contribution in [3.63, 3.8) is 0 Å². The molecule has 0 radical (unpaired) electrons. The van der Waals surface area contributed by atoms with Crippen LogP contribution in [0.3, 0.4) is 0 Å². The van der Waals surface area contributed by atoms with Crippen LogP contribution in [0, 0.1) is 0 Å². The summed E-state index contributed by atoms with van der Waals surface area (Å²) in [5.41, 5.74) is 2.36. The number of rotatable bonds is 7. The first-order valence-electron chi connectivity index (χ1n) is 10.2. The molecule has 1 aromatic heterocycles. The molecule has 1 aromatic carbocycles. The minimum absolute atomic E-state index is 0.192. The van der Waals surface area contributed by atoms with Gasteiger partial charge < -0.3 is 10.6 Å². The summed E-state index contributed by atoms with van der Waals surface area (Å²) in [6.45, 7) is 5.51. The summed E-state index contributed by atoms with van der Waals surface area (Å²) >= 11 is 4.68. The molecule has 1 aliphatic heterocycles. The van der Waals surface area contributed by atoms with Crippen LogP contribution >= 0.6 is 27.3 Å². The molecule has 156 valence electrons. The highest BCUT2D eigenvalue weighted by Gasteiger charge is 2.17. The van der Waals surface area contributed by atoms with Gasteiger partial charge in [-0.15, -0.1) is 11.3 Å². The number of thiophene rings is 1. The smallest absolute Gasteiger partial charge is 0.262 e. The molecule has 2 amide bonds. The minimum atomic E-state index is -0.592. The number of likely N-dealkylation sites (tertiary alicyclic amines) is 1. The van der Waals surface area contributed by atoms with E-state index < -0.39 is 6.04 Å². The van der Waals surface area contributed by atoms with Crippen molar-refractivity contribution < 1.29 is 9.59 Å². The monoisotopic (exact) mass is 477 g/mol. The molecule has 1 aliphatic rings. The summed E-state index contributed by atoms with van der Waals surface area (Å²) in [5, 5.41) is 5.64.